The predicted molar refractivity (Wildman–Crippen MR) is 89.0 cm³/mol. The lowest BCUT2D eigenvalue weighted by Gasteiger charge is -2.14. The predicted octanol–water partition coefficient (Wildman–Crippen LogP) is 4.51. The molecule has 21 heavy (non-hydrogen) atoms. The fourth-order valence-corrected chi connectivity index (χ4v) is 2.50. The zero-order chi connectivity index (χ0) is 15.4. The molecule has 1 heterocycles. The Morgan fingerprint density at radius 2 is 1.90 bits per heavy atom. The Bertz CT molecular complexity index is 647. The van der Waals surface area contributed by atoms with E-state index in [-0.39, 0.29) is 27.8 Å². The molecule has 3 nitrogen and oxygen atoms in total. The molecule has 2 aromatic rings. The van der Waals surface area contributed by atoms with Gasteiger partial charge in [0.2, 0.25) is 0 Å². The van der Waals surface area contributed by atoms with Gasteiger partial charge in [-0.3, -0.25) is 4.79 Å². The molecule has 0 aliphatic carbocycles. The highest BCUT2D eigenvalue weighted by atomic mass is 79.9. The van der Waals surface area contributed by atoms with Gasteiger partial charge in [0.1, 0.15) is 10.8 Å². The van der Waals surface area contributed by atoms with Crippen molar-refractivity contribution in [3.8, 4) is 0 Å². The van der Waals surface area contributed by atoms with Crippen molar-refractivity contribution in [3.05, 3.63) is 62.3 Å². The van der Waals surface area contributed by atoms with Crippen molar-refractivity contribution in [1.82, 2.24) is 10.3 Å². The average molecular weight is 388 g/mol. The van der Waals surface area contributed by atoms with Crippen molar-refractivity contribution in [2.24, 2.45) is 0 Å². The lowest BCUT2D eigenvalue weighted by atomic mass is 10.1. The van der Waals surface area contributed by atoms with Crippen molar-refractivity contribution in [2.75, 3.05) is 0 Å². The van der Waals surface area contributed by atoms with Crippen LogP contribution in [0, 0.1) is 0 Å². The molecule has 1 atom stereocenters. The van der Waals surface area contributed by atoms with Crippen molar-refractivity contribution in [2.45, 2.75) is 19.4 Å². The maximum Gasteiger partial charge on any atom is 0.271 e. The normalized spacial score (nSPS) is 12.0. The number of nitrogens with one attached hydrogen (secondary N) is 1. The number of amides is 1. The van der Waals surface area contributed by atoms with Crippen molar-refractivity contribution < 1.29 is 4.79 Å². The summed E-state index contributed by atoms with van der Waals surface area (Å²) >= 11 is 15.1. The molecule has 1 N–H and O–H groups in total. The molecular formula is C15H13BrCl2N2O. The third-order valence-corrected chi connectivity index (χ3v) is 3.90. The second-order valence-electron chi connectivity index (χ2n) is 4.67. The van der Waals surface area contributed by atoms with E-state index in [1.54, 1.807) is 12.1 Å². The smallest absolute Gasteiger partial charge is 0.271 e. The molecule has 0 aliphatic rings. The Labute approximate surface area is 141 Å². The Hall–Kier alpha value is -1.10. The van der Waals surface area contributed by atoms with Crippen LogP contribution in [0.2, 0.25) is 10.2 Å². The van der Waals surface area contributed by atoms with Crippen LogP contribution in [0.1, 0.15) is 23.0 Å². The minimum atomic E-state index is -0.327. The zero-order valence-electron chi connectivity index (χ0n) is 11.2. The zero-order valence-corrected chi connectivity index (χ0v) is 14.3. The van der Waals surface area contributed by atoms with Crippen molar-refractivity contribution in [1.29, 1.82) is 0 Å². The quantitative estimate of drug-likeness (QED) is 0.784. The number of nitrogens with zero attached hydrogens (tertiary/aromatic N) is 1. The molecule has 0 saturated heterocycles. The third-order valence-electron chi connectivity index (χ3n) is 2.86. The molecule has 1 amide bonds. The van der Waals surface area contributed by atoms with Gasteiger partial charge in [-0.05, 0) is 43.2 Å². The molecule has 0 aliphatic heterocycles. The number of hydrogen-bond donors (Lipinski definition) is 1. The molecule has 2 rings (SSSR count). The van der Waals surface area contributed by atoms with E-state index in [1.807, 2.05) is 31.2 Å². The van der Waals surface area contributed by atoms with E-state index < -0.39 is 0 Å². The first-order valence-electron chi connectivity index (χ1n) is 6.33. The molecule has 6 heteroatoms. The Morgan fingerprint density at radius 3 is 2.57 bits per heavy atom. The lowest BCUT2D eigenvalue weighted by molar-refractivity contribution is 0.0935. The number of benzene rings is 1. The van der Waals surface area contributed by atoms with Crippen LogP contribution in [0.4, 0.5) is 0 Å². The van der Waals surface area contributed by atoms with Gasteiger partial charge in [-0.25, -0.2) is 4.98 Å². The van der Waals surface area contributed by atoms with Gasteiger partial charge in [-0.1, -0.05) is 51.3 Å². The van der Waals surface area contributed by atoms with Gasteiger partial charge in [-0.15, -0.1) is 0 Å². The van der Waals surface area contributed by atoms with Crippen LogP contribution in [0.15, 0.2) is 40.9 Å². The van der Waals surface area contributed by atoms with E-state index in [4.69, 9.17) is 23.2 Å². The molecular weight excluding hydrogens is 375 g/mol. The second-order valence-corrected chi connectivity index (χ2v) is 6.38. The first-order valence-corrected chi connectivity index (χ1v) is 7.88. The van der Waals surface area contributed by atoms with Crippen molar-refractivity contribution >= 4 is 45.0 Å². The minimum absolute atomic E-state index is 0.0458. The average Bonchev–Trinajstić information content (AvgIpc) is 2.44. The number of aromatic nitrogens is 1. The highest BCUT2D eigenvalue weighted by molar-refractivity contribution is 9.10. The fraction of sp³-hybridized carbons (Fsp3) is 0.200. The lowest BCUT2D eigenvalue weighted by Crippen LogP contribution is -2.34. The van der Waals surface area contributed by atoms with Gasteiger partial charge >= 0.3 is 0 Å². The number of carbonyl (C=O) groups excluding carboxylic acids is 1. The van der Waals surface area contributed by atoms with Gasteiger partial charge in [0.15, 0.2) is 0 Å². The van der Waals surface area contributed by atoms with Gasteiger partial charge < -0.3 is 5.32 Å². The Kier molecular flexibility index (Phi) is 5.62. The van der Waals surface area contributed by atoms with E-state index in [9.17, 15) is 4.79 Å². The van der Waals surface area contributed by atoms with Crippen LogP contribution in [0.3, 0.4) is 0 Å². The SMILES string of the molecule is CC(Cc1ccc(Br)cc1)NC(=O)c1nc(Cl)ccc1Cl. The molecule has 110 valence electrons. The summed E-state index contributed by atoms with van der Waals surface area (Å²) in [6, 6.07) is 11.0. The van der Waals surface area contributed by atoms with E-state index in [0.717, 1.165) is 16.5 Å². The maximum atomic E-state index is 12.1. The number of rotatable bonds is 4. The molecule has 0 fully saturated rings. The van der Waals surface area contributed by atoms with Gasteiger partial charge in [0.25, 0.3) is 5.91 Å². The summed E-state index contributed by atoms with van der Waals surface area (Å²) in [6.07, 6.45) is 0.719. The molecule has 1 aromatic carbocycles. The fourth-order valence-electron chi connectivity index (χ4n) is 1.89. The van der Waals surface area contributed by atoms with Gasteiger partial charge in [-0.2, -0.15) is 0 Å². The summed E-state index contributed by atoms with van der Waals surface area (Å²) in [5.74, 6) is -0.327. The third kappa shape index (κ3) is 4.70. The van der Waals surface area contributed by atoms with Crippen molar-refractivity contribution in [3.63, 3.8) is 0 Å². The number of halogens is 3. The van der Waals surface area contributed by atoms with E-state index >= 15 is 0 Å². The van der Waals surface area contributed by atoms with Crippen LogP contribution in [-0.4, -0.2) is 16.9 Å². The second kappa shape index (κ2) is 7.25. The van der Waals surface area contributed by atoms with Crippen LogP contribution >= 0.6 is 39.1 Å². The molecule has 0 spiro atoms. The van der Waals surface area contributed by atoms with Gasteiger partial charge in [0.05, 0.1) is 5.02 Å². The molecule has 1 aromatic heterocycles. The Balaban J connectivity index is 2.01. The van der Waals surface area contributed by atoms with Crippen LogP contribution in [-0.2, 0) is 6.42 Å². The van der Waals surface area contributed by atoms with Crippen LogP contribution < -0.4 is 5.32 Å². The summed E-state index contributed by atoms with van der Waals surface area (Å²) < 4.78 is 1.03. The van der Waals surface area contributed by atoms with E-state index in [0.29, 0.717) is 0 Å². The van der Waals surface area contributed by atoms with E-state index in [1.165, 1.54) is 0 Å². The highest BCUT2D eigenvalue weighted by Gasteiger charge is 2.15. The summed E-state index contributed by atoms with van der Waals surface area (Å²) in [6.45, 7) is 1.93. The van der Waals surface area contributed by atoms with Gasteiger partial charge in [0, 0.05) is 10.5 Å². The number of pyridine rings is 1. The van der Waals surface area contributed by atoms with E-state index in [2.05, 4.69) is 26.2 Å². The first-order chi connectivity index (χ1) is 9.95. The Morgan fingerprint density at radius 1 is 1.24 bits per heavy atom. The molecule has 0 bridgehead atoms. The maximum absolute atomic E-state index is 12.1. The topological polar surface area (TPSA) is 42.0 Å². The summed E-state index contributed by atoms with van der Waals surface area (Å²) in [4.78, 5) is 16.1. The number of carbonyl (C=O) groups is 1. The molecule has 0 radical (unpaired) electrons. The van der Waals surface area contributed by atoms with Crippen LogP contribution in [0.5, 0.6) is 0 Å². The minimum Gasteiger partial charge on any atom is -0.348 e. The van der Waals surface area contributed by atoms with Crippen LogP contribution in [0.25, 0.3) is 0 Å². The monoisotopic (exact) mass is 386 g/mol. The molecule has 0 saturated carbocycles. The summed E-state index contributed by atoms with van der Waals surface area (Å²) in [5, 5.41) is 3.40. The first kappa shape index (κ1) is 16.3. The highest BCUT2D eigenvalue weighted by Crippen LogP contribution is 2.17. The summed E-state index contributed by atoms with van der Waals surface area (Å²) in [7, 11) is 0. The largest absolute Gasteiger partial charge is 0.348 e. The molecule has 1 unspecified atom stereocenters. The number of hydrogen-bond acceptors (Lipinski definition) is 2. The standard InChI is InChI=1S/C15H13BrCl2N2O/c1-9(8-10-2-4-11(16)5-3-10)19-15(21)14-12(17)6-7-13(18)20-14/h2-7,9H,8H2,1H3,(H,19,21). The summed E-state index contributed by atoms with van der Waals surface area (Å²) in [5.41, 5.74) is 1.28.